The van der Waals surface area contributed by atoms with Gasteiger partial charge in [0.15, 0.2) is 5.65 Å². The van der Waals surface area contributed by atoms with Crippen molar-refractivity contribution >= 4 is 5.65 Å². The van der Waals surface area contributed by atoms with Crippen LogP contribution in [0.4, 0.5) is 4.39 Å². The Morgan fingerprint density at radius 3 is 2.97 bits per heavy atom. The van der Waals surface area contributed by atoms with Crippen molar-refractivity contribution in [3.8, 4) is 5.75 Å². The van der Waals surface area contributed by atoms with E-state index in [1.807, 2.05) is 47.1 Å². The van der Waals surface area contributed by atoms with Gasteiger partial charge in [-0.15, -0.1) is 0 Å². The summed E-state index contributed by atoms with van der Waals surface area (Å²) in [6.45, 7) is 4.31. The first-order valence-corrected chi connectivity index (χ1v) is 11.3. The second-order valence-electron chi connectivity index (χ2n) is 8.46. The highest BCUT2D eigenvalue weighted by atomic mass is 19.1. The van der Waals surface area contributed by atoms with E-state index in [0.29, 0.717) is 19.1 Å². The second-order valence-corrected chi connectivity index (χ2v) is 8.46. The number of benzene rings is 2. The van der Waals surface area contributed by atoms with Gasteiger partial charge in [0.1, 0.15) is 18.2 Å². The third-order valence-corrected chi connectivity index (χ3v) is 5.88. The number of rotatable bonds is 7. The molecule has 6 nitrogen and oxygen atoms in total. The van der Waals surface area contributed by atoms with Crippen LogP contribution in [0.3, 0.4) is 0 Å². The molecule has 2 aromatic carbocycles. The second kappa shape index (κ2) is 10.1. The number of para-hydroxylation sites is 1. The predicted molar refractivity (Wildman–Crippen MR) is 123 cm³/mol. The van der Waals surface area contributed by atoms with Crippen molar-refractivity contribution in [1.82, 2.24) is 19.5 Å². The van der Waals surface area contributed by atoms with Crippen molar-refractivity contribution in [3.05, 3.63) is 95.7 Å². The summed E-state index contributed by atoms with van der Waals surface area (Å²) < 4.78 is 27.3. The largest absolute Gasteiger partial charge is 0.489 e. The molecule has 1 saturated heterocycles. The van der Waals surface area contributed by atoms with Crippen LogP contribution in [-0.4, -0.2) is 45.8 Å². The molecule has 0 amide bonds. The molecule has 2 aromatic heterocycles. The number of ether oxygens (including phenoxy) is 2. The Bertz CT molecular complexity index is 1210. The van der Waals surface area contributed by atoms with Crippen LogP contribution >= 0.6 is 0 Å². The van der Waals surface area contributed by atoms with Gasteiger partial charge in [-0.05, 0) is 42.3 Å². The first kappa shape index (κ1) is 21.6. The van der Waals surface area contributed by atoms with Gasteiger partial charge < -0.3 is 9.47 Å². The molecular weight excluding hydrogens is 419 g/mol. The van der Waals surface area contributed by atoms with Crippen molar-refractivity contribution in [3.63, 3.8) is 0 Å². The minimum atomic E-state index is -0.248. The van der Waals surface area contributed by atoms with Crippen LogP contribution in [-0.2, 0) is 24.3 Å². The van der Waals surface area contributed by atoms with E-state index in [1.54, 1.807) is 12.3 Å². The van der Waals surface area contributed by atoms with E-state index in [-0.39, 0.29) is 5.82 Å². The monoisotopic (exact) mass is 446 g/mol. The maximum atomic E-state index is 13.5. The Kier molecular flexibility index (Phi) is 6.60. The van der Waals surface area contributed by atoms with Crippen LogP contribution in [0.1, 0.15) is 16.8 Å². The van der Waals surface area contributed by atoms with Gasteiger partial charge in [0.25, 0.3) is 0 Å². The minimum Gasteiger partial charge on any atom is -0.489 e. The molecule has 170 valence electrons. The molecule has 0 saturated carbocycles. The lowest BCUT2D eigenvalue weighted by molar-refractivity contribution is 0.121. The Balaban J connectivity index is 1.24. The average Bonchev–Trinajstić information content (AvgIpc) is 3.18. The molecule has 0 radical (unpaired) electrons. The molecule has 3 heterocycles. The number of hydrogen-bond donors (Lipinski definition) is 0. The SMILES string of the molecule is Fc1cccc(COc2ccccc2CN2CCOCC(Cc3ccc4nccn4n3)C2)c1. The first-order valence-electron chi connectivity index (χ1n) is 11.3. The Hall–Kier alpha value is -3.29. The van der Waals surface area contributed by atoms with E-state index < -0.39 is 0 Å². The number of halogens is 1. The zero-order valence-corrected chi connectivity index (χ0v) is 18.4. The zero-order chi connectivity index (χ0) is 22.5. The van der Waals surface area contributed by atoms with E-state index in [1.165, 1.54) is 12.1 Å². The Morgan fingerprint density at radius 1 is 1.09 bits per heavy atom. The van der Waals surface area contributed by atoms with E-state index in [0.717, 1.165) is 60.9 Å². The van der Waals surface area contributed by atoms with Gasteiger partial charge in [-0.25, -0.2) is 13.9 Å². The topological polar surface area (TPSA) is 51.9 Å². The van der Waals surface area contributed by atoms with Crippen LogP contribution < -0.4 is 4.74 Å². The summed E-state index contributed by atoms with van der Waals surface area (Å²) in [6, 6.07) is 18.6. The van der Waals surface area contributed by atoms with Crippen molar-refractivity contribution < 1.29 is 13.9 Å². The van der Waals surface area contributed by atoms with Crippen molar-refractivity contribution in [2.75, 3.05) is 26.3 Å². The lowest BCUT2D eigenvalue weighted by Gasteiger charge is -2.24. The molecule has 1 fully saturated rings. The highest BCUT2D eigenvalue weighted by Gasteiger charge is 2.21. The summed E-state index contributed by atoms with van der Waals surface area (Å²) in [7, 11) is 0. The maximum absolute atomic E-state index is 13.5. The molecule has 4 aromatic rings. The zero-order valence-electron chi connectivity index (χ0n) is 18.4. The summed E-state index contributed by atoms with van der Waals surface area (Å²) in [5, 5.41) is 4.68. The smallest absolute Gasteiger partial charge is 0.153 e. The Morgan fingerprint density at radius 2 is 2.03 bits per heavy atom. The van der Waals surface area contributed by atoms with Crippen molar-refractivity contribution in [1.29, 1.82) is 0 Å². The van der Waals surface area contributed by atoms with E-state index in [2.05, 4.69) is 21.0 Å². The van der Waals surface area contributed by atoms with Crippen LogP contribution in [0, 0.1) is 11.7 Å². The summed E-state index contributed by atoms with van der Waals surface area (Å²) in [5.74, 6) is 0.929. The summed E-state index contributed by atoms with van der Waals surface area (Å²) in [5.41, 5.74) is 3.82. The maximum Gasteiger partial charge on any atom is 0.153 e. The van der Waals surface area contributed by atoms with Crippen LogP contribution in [0.15, 0.2) is 73.1 Å². The van der Waals surface area contributed by atoms with Crippen molar-refractivity contribution in [2.24, 2.45) is 5.92 Å². The summed E-state index contributed by atoms with van der Waals surface area (Å²) in [6.07, 6.45) is 4.48. The number of aromatic nitrogens is 3. The molecule has 0 aliphatic carbocycles. The molecule has 1 aliphatic rings. The molecule has 1 unspecified atom stereocenters. The lowest BCUT2D eigenvalue weighted by Crippen LogP contribution is -2.30. The minimum absolute atomic E-state index is 0.248. The molecule has 0 spiro atoms. The van der Waals surface area contributed by atoms with Crippen molar-refractivity contribution in [2.45, 2.75) is 19.6 Å². The van der Waals surface area contributed by atoms with Gasteiger partial charge in [-0.3, -0.25) is 4.90 Å². The lowest BCUT2D eigenvalue weighted by atomic mass is 10.0. The van der Waals surface area contributed by atoms with E-state index in [4.69, 9.17) is 9.47 Å². The van der Waals surface area contributed by atoms with Gasteiger partial charge in [0, 0.05) is 43.5 Å². The summed E-state index contributed by atoms with van der Waals surface area (Å²) in [4.78, 5) is 6.68. The van der Waals surface area contributed by atoms with E-state index in [9.17, 15) is 4.39 Å². The Labute approximate surface area is 192 Å². The summed E-state index contributed by atoms with van der Waals surface area (Å²) >= 11 is 0. The van der Waals surface area contributed by atoms with Gasteiger partial charge in [-0.1, -0.05) is 30.3 Å². The first-order chi connectivity index (χ1) is 16.2. The average molecular weight is 447 g/mol. The molecule has 33 heavy (non-hydrogen) atoms. The highest BCUT2D eigenvalue weighted by molar-refractivity contribution is 5.36. The molecule has 1 aliphatic heterocycles. The molecule has 0 bridgehead atoms. The quantitative estimate of drug-likeness (QED) is 0.427. The van der Waals surface area contributed by atoms with Gasteiger partial charge in [0.2, 0.25) is 0 Å². The molecule has 1 atom stereocenters. The van der Waals surface area contributed by atoms with Gasteiger partial charge in [-0.2, -0.15) is 5.10 Å². The third kappa shape index (κ3) is 5.56. The fourth-order valence-electron chi connectivity index (χ4n) is 4.28. The standard InChI is InChI=1S/C26H27FN4O2/c27-23-6-3-4-20(14-23)19-33-25-7-2-1-5-22(25)17-30-12-13-32-18-21(16-30)15-24-8-9-26-28-10-11-31(26)29-24/h1-11,14,21H,12-13,15-19H2. The number of fused-ring (bicyclic) bond motifs is 1. The molecule has 0 N–H and O–H groups in total. The highest BCUT2D eigenvalue weighted by Crippen LogP contribution is 2.23. The van der Waals surface area contributed by atoms with Gasteiger partial charge >= 0.3 is 0 Å². The van der Waals surface area contributed by atoms with Crippen LogP contribution in [0.5, 0.6) is 5.75 Å². The predicted octanol–water partition coefficient (Wildman–Crippen LogP) is 4.14. The molecule has 7 heteroatoms. The van der Waals surface area contributed by atoms with Crippen LogP contribution in [0.2, 0.25) is 0 Å². The number of hydrogen-bond acceptors (Lipinski definition) is 5. The fraction of sp³-hybridized carbons (Fsp3) is 0.308. The fourth-order valence-corrected chi connectivity index (χ4v) is 4.28. The molecule has 5 rings (SSSR count). The number of imidazole rings is 1. The molecular formula is C26H27FN4O2. The third-order valence-electron chi connectivity index (χ3n) is 5.88. The van der Waals surface area contributed by atoms with Crippen LogP contribution in [0.25, 0.3) is 5.65 Å². The van der Waals surface area contributed by atoms with E-state index >= 15 is 0 Å². The number of nitrogens with zero attached hydrogens (tertiary/aromatic N) is 4. The van der Waals surface area contributed by atoms with Gasteiger partial charge in [0.05, 0.1) is 18.9 Å². The normalized spacial score (nSPS) is 17.2.